The summed E-state index contributed by atoms with van der Waals surface area (Å²) in [6, 6.07) is 13.2. The van der Waals surface area contributed by atoms with Crippen LogP contribution in [0.15, 0.2) is 42.5 Å². The third-order valence-electron chi connectivity index (χ3n) is 3.57. The highest BCUT2D eigenvalue weighted by Gasteiger charge is 2.07. The molecule has 0 aromatic heterocycles. The molecule has 2 aromatic carbocycles. The summed E-state index contributed by atoms with van der Waals surface area (Å²) in [7, 11) is 0. The standard InChI is InChI=1S/C19H17NO/c1-13-10-15(3)18(11-14(13)2)19(21)9-8-16-4-6-17(12-20)7-5-16/h4-11H,1-3H3/b9-8+. The Hall–Kier alpha value is -2.66. The van der Waals surface area contributed by atoms with Crippen LogP contribution in [0.5, 0.6) is 0 Å². The number of carbonyl (C=O) groups excluding carboxylic acids is 1. The highest BCUT2D eigenvalue weighted by Crippen LogP contribution is 2.17. The molecule has 0 amide bonds. The summed E-state index contributed by atoms with van der Waals surface area (Å²) in [6.45, 7) is 6.01. The quantitative estimate of drug-likeness (QED) is 0.616. The molecule has 0 heterocycles. The summed E-state index contributed by atoms with van der Waals surface area (Å²) >= 11 is 0. The minimum Gasteiger partial charge on any atom is -0.289 e. The van der Waals surface area contributed by atoms with Crippen LogP contribution in [0.4, 0.5) is 0 Å². The van der Waals surface area contributed by atoms with E-state index in [-0.39, 0.29) is 5.78 Å². The number of aryl methyl sites for hydroxylation is 3. The van der Waals surface area contributed by atoms with Crippen molar-refractivity contribution in [3.8, 4) is 6.07 Å². The van der Waals surface area contributed by atoms with Gasteiger partial charge in [-0.3, -0.25) is 4.79 Å². The van der Waals surface area contributed by atoms with E-state index in [1.807, 2.05) is 45.0 Å². The van der Waals surface area contributed by atoms with E-state index in [4.69, 9.17) is 5.26 Å². The van der Waals surface area contributed by atoms with E-state index in [0.29, 0.717) is 5.56 Å². The molecule has 104 valence electrons. The number of rotatable bonds is 3. The van der Waals surface area contributed by atoms with Gasteiger partial charge < -0.3 is 0 Å². The average Bonchev–Trinajstić information content (AvgIpc) is 2.49. The fourth-order valence-electron chi connectivity index (χ4n) is 2.16. The van der Waals surface area contributed by atoms with Crippen LogP contribution in [0.3, 0.4) is 0 Å². The van der Waals surface area contributed by atoms with Gasteiger partial charge in [0.25, 0.3) is 0 Å². The second-order valence-corrected chi connectivity index (χ2v) is 5.18. The van der Waals surface area contributed by atoms with Crippen molar-refractivity contribution in [3.05, 3.63) is 75.9 Å². The molecule has 0 bridgehead atoms. The third kappa shape index (κ3) is 3.46. The van der Waals surface area contributed by atoms with Gasteiger partial charge in [0.15, 0.2) is 5.78 Å². The molecule has 0 aliphatic carbocycles. The minimum atomic E-state index is -0.0000373. The molecule has 0 unspecified atom stereocenters. The monoisotopic (exact) mass is 275 g/mol. The molecule has 0 aliphatic rings. The molecular formula is C19H17NO. The SMILES string of the molecule is Cc1cc(C)c(C(=O)/C=C/c2ccc(C#N)cc2)cc1C. The highest BCUT2D eigenvalue weighted by atomic mass is 16.1. The molecule has 0 N–H and O–H groups in total. The predicted octanol–water partition coefficient (Wildman–Crippen LogP) is 4.38. The van der Waals surface area contributed by atoms with Crippen molar-refractivity contribution in [1.82, 2.24) is 0 Å². The maximum absolute atomic E-state index is 12.3. The Balaban J connectivity index is 2.23. The fraction of sp³-hybridized carbons (Fsp3) is 0.158. The lowest BCUT2D eigenvalue weighted by atomic mass is 9.97. The summed E-state index contributed by atoms with van der Waals surface area (Å²) in [5.41, 5.74) is 5.57. The van der Waals surface area contributed by atoms with Crippen molar-refractivity contribution in [1.29, 1.82) is 5.26 Å². The van der Waals surface area contributed by atoms with Gasteiger partial charge in [0, 0.05) is 5.56 Å². The number of benzene rings is 2. The first-order valence-corrected chi connectivity index (χ1v) is 6.81. The summed E-state index contributed by atoms with van der Waals surface area (Å²) in [5.74, 6) is -0.0000373. The predicted molar refractivity (Wildman–Crippen MR) is 85.2 cm³/mol. The fourth-order valence-corrected chi connectivity index (χ4v) is 2.16. The Bertz CT molecular complexity index is 746. The van der Waals surface area contributed by atoms with Gasteiger partial charge in [-0.15, -0.1) is 0 Å². The van der Waals surface area contributed by atoms with Crippen molar-refractivity contribution >= 4 is 11.9 Å². The first-order chi connectivity index (χ1) is 10.0. The molecule has 2 rings (SSSR count). The number of hydrogen-bond donors (Lipinski definition) is 0. The van der Waals surface area contributed by atoms with Gasteiger partial charge in [-0.05, 0) is 67.3 Å². The van der Waals surface area contributed by atoms with E-state index in [1.54, 1.807) is 24.3 Å². The summed E-state index contributed by atoms with van der Waals surface area (Å²) in [4.78, 5) is 12.3. The lowest BCUT2D eigenvalue weighted by molar-refractivity contribution is 0.104. The molecule has 2 heteroatoms. The van der Waals surface area contributed by atoms with E-state index >= 15 is 0 Å². The van der Waals surface area contributed by atoms with Crippen molar-refractivity contribution in [2.24, 2.45) is 0 Å². The van der Waals surface area contributed by atoms with Gasteiger partial charge in [-0.1, -0.05) is 24.3 Å². The molecule has 0 saturated heterocycles. The Morgan fingerprint density at radius 2 is 1.62 bits per heavy atom. The molecule has 0 radical (unpaired) electrons. The zero-order chi connectivity index (χ0) is 15.4. The Kier molecular flexibility index (Phi) is 4.35. The molecular weight excluding hydrogens is 258 g/mol. The topological polar surface area (TPSA) is 40.9 Å². The lowest BCUT2D eigenvalue weighted by Crippen LogP contribution is -2.00. The average molecular weight is 275 g/mol. The smallest absolute Gasteiger partial charge is 0.186 e. The summed E-state index contributed by atoms with van der Waals surface area (Å²) in [6.07, 6.45) is 3.36. The molecule has 0 fully saturated rings. The van der Waals surface area contributed by atoms with Crippen molar-refractivity contribution in [3.63, 3.8) is 0 Å². The van der Waals surface area contributed by atoms with Crippen LogP contribution in [0.1, 0.15) is 38.2 Å². The van der Waals surface area contributed by atoms with E-state index in [2.05, 4.69) is 6.07 Å². The van der Waals surface area contributed by atoms with Crippen LogP contribution in [-0.4, -0.2) is 5.78 Å². The first kappa shape index (κ1) is 14.7. The second-order valence-electron chi connectivity index (χ2n) is 5.18. The Labute approximate surface area is 125 Å². The molecule has 21 heavy (non-hydrogen) atoms. The van der Waals surface area contributed by atoms with Crippen LogP contribution in [-0.2, 0) is 0 Å². The number of carbonyl (C=O) groups is 1. The Morgan fingerprint density at radius 1 is 1.00 bits per heavy atom. The molecule has 2 aromatic rings. The van der Waals surface area contributed by atoms with Gasteiger partial charge >= 0.3 is 0 Å². The molecule has 0 aliphatic heterocycles. The zero-order valence-corrected chi connectivity index (χ0v) is 12.5. The summed E-state index contributed by atoms with van der Waals surface area (Å²) in [5, 5.41) is 8.75. The molecule has 0 saturated carbocycles. The zero-order valence-electron chi connectivity index (χ0n) is 12.5. The van der Waals surface area contributed by atoms with Gasteiger partial charge in [0.2, 0.25) is 0 Å². The summed E-state index contributed by atoms with van der Waals surface area (Å²) < 4.78 is 0. The van der Waals surface area contributed by atoms with Crippen LogP contribution in [0.2, 0.25) is 0 Å². The second kappa shape index (κ2) is 6.19. The third-order valence-corrected chi connectivity index (χ3v) is 3.57. The van der Waals surface area contributed by atoms with Crippen LogP contribution >= 0.6 is 0 Å². The van der Waals surface area contributed by atoms with Gasteiger partial charge in [0.1, 0.15) is 0 Å². The van der Waals surface area contributed by atoms with E-state index in [0.717, 1.165) is 22.3 Å². The largest absolute Gasteiger partial charge is 0.289 e. The number of nitriles is 1. The van der Waals surface area contributed by atoms with Crippen LogP contribution in [0, 0.1) is 32.1 Å². The minimum absolute atomic E-state index is 0.0000373. The molecule has 0 atom stereocenters. The number of nitrogens with zero attached hydrogens (tertiary/aromatic N) is 1. The number of ketones is 1. The van der Waals surface area contributed by atoms with Crippen LogP contribution < -0.4 is 0 Å². The Morgan fingerprint density at radius 3 is 2.24 bits per heavy atom. The number of allylic oxidation sites excluding steroid dienone is 1. The lowest BCUT2D eigenvalue weighted by Gasteiger charge is -2.06. The van der Waals surface area contributed by atoms with Gasteiger partial charge in [0.05, 0.1) is 11.6 Å². The van der Waals surface area contributed by atoms with Crippen molar-refractivity contribution in [2.45, 2.75) is 20.8 Å². The molecule has 2 nitrogen and oxygen atoms in total. The van der Waals surface area contributed by atoms with E-state index in [1.165, 1.54) is 5.56 Å². The van der Waals surface area contributed by atoms with E-state index in [9.17, 15) is 4.79 Å². The van der Waals surface area contributed by atoms with E-state index < -0.39 is 0 Å². The maximum Gasteiger partial charge on any atom is 0.186 e. The number of hydrogen-bond acceptors (Lipinski definition) is 2. The maximum atomic E-state index is 12.3. The van der Waals surface area contributed by atoms with Crippen molar-refractivity contribution in [2.75, 3.05) is 0 Å². The van der Waals surface area contributed by atoms with Gasteiger partial charge in [-0.2, -0.15) is 5.26 Å². The first-order valence-electron chi connectivity index (χ1n) is 6.81. The normalized spacial score (nSPS) is 10.6. The van der Waals surface area contributed by atoms with Crippen molar-refractivity contribution < 1.29 is 4.79 Å². The van der Waals surface area contributed by atoms with Gasteiger partial charge in [-0.25, -0.2) is 0 Å². The van der Waals surface area contributed by atoms with Crippen LogP contribution in [0.25, 0.3) is 6.08 Å². The highest BCUT2D eigenvalue weighted by molar-refractivity contribution is 6.07. The molecule has 0 spiro atoms.